The van der Waals surface area contributed by atoms with Crippen molar-refractivity contribution in [1.82, 2.24) is 24.5 Å². The average molecular weight is 819 g/mol. The van der Waals surface area contributed by atoms with Crippen LogP contribution >= 0.6 is 0 Å². The summed E-state index contributed by atoms with van der Waals surface area (Å²) in [6.07, 6.45) is 0. The first-order chi connectivity index (χ1) is 31.6. The van der Waals surface area contributed by atoms with E-state index >= 15 is 0 Å². The number of aryl methyl sites for hydroxylation is 1. The average Bonchev–Trinajstić information content (AvgIpc) is 3.70. The molecule has 0 N–H and O–H groups in total. The molecule has 3 aromatic heterocycles. The van der Waals surface area contributed by atoms with E-state index in [2.05, 4.69) is 133 Å². The highest BCUT2D eigenvalue weighted by Gasteiger charge is 2.26. The maximum Gasteiger partial charge on any atom is 0.162 e. The van der Waals surface area contributed by atoms with Gasteiger partial charge in [-0.2, -0.15) is 5.26 Å². The fraction of sp³-hybridized carbons (Fsp3) is 0.0172. The van der Waals surface area contributed by atoms with Gasteiger partial charge in [-0.05, 0) is 54.4 Å². The molecule has 3 heterocycles. The Balaban J connectivity index is 1.30. The number of aromatic nitrogens is 5. The van der Waals surface area contributed by atoms with Crippen molar-refractivity contribution >= 4 is 21.8 Å². The van der Waals surface area contributed by atoms with Crippen molar-refractivity contribution in [2.75, 3.05) is 0 Å². The summed E-state index contributed by atoms with van der Waals surface area (Å²) in [5.41, 5.74) is 14.7. The number of hydrogen-bond acceptors (Lipinski definition) is 5. The third kappa shape index (κ3) is 7.07. The molecule has 0 saturated heterocycles. The van der Waals surface area contributed by atoms with E-state index in [0.29, 0.717) is 28.3 Å². The molecule has 11 rings (SSSR count). The minimum Gasteiger partial charge on any atom is -0.308 e. The Bertz CT molecular complexity index is 3290. The van der Waals surface area contributed by atoms with Crippen LogP contribution in [0.15, 0.2) is 212 Å². The van der Waals surface area contributed by atoms with Crippen LogP contribution in [-0.2, 0) is 0 Å². The Morgan fingerprint density at radius 2 is 0.797 bits per heavy atom. The quantitative estimate of drug-likeness (QED) is 0.153. The van der Waals surface area contributed by atoms with E-state index in [9.17, 15) is 5.26 Å². The highest BCUT2D eigenvalue weighted by atomic mass is 15.0. The van der Waals surface area contributed by atoms with E-state index in [0.717, 1.165) is 83.6 Å². The summed E-state index contributed by atoms with van der Waals surface area (Å²) in [6, 6.07) is 74.8. The Morgan fingerprint density at radius 1 is 0.375 bits per heavy atom. The van der Waals surface area contributed by atoms with Gasteiger partial charge in [-0.25, -0.2) is 19.9 Å². The summed E-state index contributed by atoms with van der Waals surface area (Å²) in [4.78, 5) is 21.5. The SMILES string of the molecule is Cc1cccc(-c2ccc3c4ccccc4n(-c4c(-c5nc(-c6ccccc6)cc(-c6ccccc6)n5)cc(C#N)cc4-c4nc(-c5ccccc5)cc(-c5ccccc5)n4)c3c2)c1. The largest absolute Gasteiger partial charge is 0.308 e. The molecule has 0 radical (unpaired) electrons. The molecule has 0 aliphatic rings. The van der Waals surface area contributed by atoms with Gasteiger partial charge in [0, 0.05) is 44.2 Å². The first-order valence-corrected chi connectivity index (χ1v) is 21.3. The van der Waals surface area contributed by atoms with Crippen LogP contribution in [0.25, 0.3) is 106 Å². The smallest absolute Gasteiger partial charge is 0.162 e. The van der Waals surface area contributed by atoms with Crippen LogP contribution in [0.1, 0.15) is 11.1 Å². The Labute approximate surface area is 371 Å². The predicted molar refractivity (Wildman–Crippen MR) is 259 cm³/mol. The third-order valence-electron chi connectivity index (χ3n) is 11.7. The van der Waals surface area contributed by atoms with Crippen LogP contribution in [-0.4, -0.2) is 24.5 Å². The molecule has 0 spiro atoms. The van der Waals surface area contributed by atoms with Crippen LogP contribution < -0.4 is 0 Å². The van der Waals surface area contributed by atoms with E-state index in [1.54, 1.807) is 0 Å². The molecule has 0 aliphatic heterocycles. The second kappa shape index (κ2) is 16.2. The monoisotopic (exact) mass is 818 g/mol. The van der Waals surface area contributed by atoms with Crippen LogP contribution in [0.3, 0.4) is 0 Å². The number of benzene rings is 8. The zero-order chi connectivity index (χ0) is 43.0. The normalized spacial score (nSPS) is 11.2. The van der Waals surface area contributed by atoms with Gasteiger partial charge in [-0.15, -0.1) is 0 Å². The molecule has 0 fully saturated rings. The lowest BCUT2D eigenvalue weighted by Crippen LogP contribution is -2.06. The van der Waals surface area contributed by atoms with Gasteiger partial charge in [0.15, 0.2) is 11.6 Å². The molecular formula is C58H38N6. The number of nitrogens with zero attached hydrogens (tertiary/aromatic N) is 6. The molecule has 6 heteroatoms. The summed E-state index contributed by atoms with van der Waals surface area (Å²) in [5.74, 6) is 0.939. The van der Waals surface area contributed by atoms with E-state index in [4.69, 9.17) is 19.9 Å². The molecule has 11 aromatic rings. The van der Waals surface area contributed by atoms with Gasteiger partial charge < -0.3 is 4.57 Å². The maximum absolute atomic E-state index is 10.9. The molecule has 0 saturated carbocycles. The highest BCUT2D eigenvalue weighted by molar-refractivity contribution is 6.11. The van der Waals surface area contributed by atoms with Crippen molar-refractivity contribution in [1.29, 1.82) is 5.26 Å². The van der Waals surface area contributed by atoms with Gasteiger partial charge in [0.1, 0.15) is 0 Å². The van der Waals surface area contributed by atoms with Gasteiger partial charge in [-0.1, -0.05) is 181 Å². The molecule has 0 atom stereocenters. The molecule has 0 bridgehead atoms. The molecule has 300 valence electrons. The van der Waals surface area contributed by atoms with Crippen molar-refractivity contribution in [3.05, 3.63) is 223 Å². The lowest BCUT2D eigenvalue weighted by Gasteiger charge is -2.20. The van der Waals surface area contributed by atoms with Crippen LogP contribution in [0.5, 0.6) is 0 Å². The standard InChI is InChI=1S/C58H38N6/c1-38-17-16-26-44(31-38)45-29-30-47-46-27-14-15-28-54(46)64(55(47)34-45)56-48(57-60-50(40-18-6-2-7-19-40)35-51(61-57)41-20-8-3-9-21-41)32-39(37-59)33-49(56)58-62-52(42-22-10-4-11-23-42)36-53(63-58)43-24-12-5-13-25-43/h2-36H,1H3. The van der Waals surface area contributed by atoms with Crippen molar-refractivity contribution in [3.8, 4) is 90.7 Å². The zero-order valence-electron chi connectivity index (χ0n) is 34.9. The number of fused-ring (bicyclic) bond motifs is 3. The summed E-state index contributed by atoms with van der Waals surface area (Å²) < 4.78 is 2.30. The minimum atomic E-state index is 0.430. The van der Waals surface area contributed by atoms with Crippen molar-refractivity contribution in [3.63, 3.8) is 0 Å². The Kier molecular flexibility index (Phi) is 9.68. The van der Waals surface area contributed by atoms with E-state index in [1.165, 1.54) is 5.56 Å². The topological polar surface area (TPSA) is 80.3 Å². The summed E-state index contributed by atoms with van der Waals surface area (Å²) >= 11 is 0. The van der Waals surface area contributed by atoms with Gasteiger partial charge >= 0.3 is 0 Å². The number of hydrogen-bond donors (Lipinski definition) is 0. The van der Waals surface area contributed by atoms with Crippen LogP contribution in [0.4, 0.5) is 0 Å². The van der Waals surface area contributed by atoms with E-state index < -0.39 is 0 Å². The van der Waals surface area contributed by atoms with Gasteiger partial charge in [-0.3, -0.25) is 0 Å². The molecule has 0 unspecified atom stereocenters. The first kappa shape index (κ1) is 38.2. The van der Waals surface area contributed by atoms with Gasteiger partial charge in [0.2, 0.25) is 0 Å². The molecule has 8 aromatic carbocycles. The van der Waals surface area contributed by atoms with Gasteiger partial charge in [0.05, 0.1) is 51.1 Å². The maximum atomic E-state index is 10.9. The van der Waals surface area contributed by atoms with Crippen molar-refractivity contribution in [2.24, 2.45) is 0 Å². The van der Waals surface area contributed by atoms with Gasteiger partial charge in [0.25, 0.3) is 0 Å². The van der Waals surface area contributed by atoms with Crippen molar-refractivity contribution in [2.45, 2.75) is 6.92 Å². The lowest BCUT2D eigenvalue weighted by molar-refractivity contribution is 1.12. The molecule has 64 heavy (non-hydrogen) atoms. The second-order valence-corrected chi connectivity index (χ2v) is 15.9. The first-order valence-electron chi connectivity index (χ1n) is 21.3. The Morgan fingerprint density at radius 3 is 1.27 bits per heavy atom. The number of nitriles is 1. The number of rotatable bonds is 8. The third-order valence-corrected chi connectivity index (χ3v) is 11.7. The van der Waals surface area contributed by atoms with E-state index in [1.807, 2.05) is 97.1 Å². The van der Waals surface area contributed by atoms with Crippen LogP contribution in [0.2, 0.25) is 0 Å². The second-order valence-electron chi connectivity index (χ2n) is 15.9. The molecule has 0 amide bonds. The van der Waals surface area contributed by atoms with E-state index in [-0.39, 0.29) is 0 Å². The fourth-order valence-corrected chi connectivity index (χ4v) is 8.66. The highest BCUT2D eigenvalue weighted by Crippen LogP contribution is 2.43. The lowest BCUT2D eigenvalue weighted by atomic mass is 9.98. The molecule has 0 aliphatic carbocycles. The molecule has 6 nitrogen and oxygen atoms in total. The summed E-state index contributed by atoms with van der Waals surface area (Å²) in [7, 11) is 0. The van der Waals surface area contributed by atoms with Crippen molar-refractivity contribution < 1.29 is 0 Å². The number of para-hydroxylation sites is 1. The Hall–Kier alpha value is -8.79. The minimum absolute atomic E-state index is 0.430. The fourth-order valence-electron chi connectivity index (χ4n) is 8.66. The predicted octanol–water partition coefficient (Wildman–Crippen LogP) is 14.2. The molecular weight excluding hydrogens is 781 g/mol. The zero-order valence-corrected chi connectivity index (χ0v) is 34.9. The van der Waals surface area contributed by atoms with Crippen LogP contribution in [0, 0.1) is 18.3 Å². The summed E-state index contributed by atoms with van der Waals surface area (Å²) in [5, 5.41) is 13.1. The summed E-state index contributed by atoms with van der Waals surface area (Å²) in [6.45, 7) is 2.12.